The van der Waals surface area contributed by atoms with Crippen molar-refractivity contribution in [2.24, 2.45) is 0 Å². The molecule has 0 amide bonds. The Labute approximate surface area is 125 Å². The summed E-state index contributed by atoms with van der Waals surface area (Å²) in [7, 11) is 15.9. The first-order valence-corrected chi connectivity index (χ1v) is 18.8. The molecule has 0 unspecified atom stereocenters. The average molecular weight is 438 g/mol. The molecule has 0 saturated heterocycles. The zero-order valence-electron chi connectivity index (χ0n) is 11.8. The molecule has 7 heteroatoms. The molecule has 0 aliphatic heterocycles. The molecule has 0 aromatic heterocycles. The van der Waals surface area contributed by atoms with Crippen LogP contribution in [0.4, 0.5) is 0 Å². The SMILES string of the molecule is CP(C)C.CP(C)C.CP(C)C.[Cl][Rh]([Cl])[Cl]. The van der Waals surface area contributed by atoms with Crippen LogP contribution in [0.25, 0.3) is 0 Å². The normalized spacial score (nSPS) is 9.56. The van der Waals surface area contributed by atoms with E-state index >= 15 is 0 Å². The van der Waals surface area contributed by atoms with Crippen LogP contribution >= 0.6 is 52.8 Å². The van der Waals surface area contributed by atoms with E-state index in [1.54, 1.807) is 0 Å². The zero-order valence-corrected chi connectivity index (χ0v) is 18.4. The van der Waals surface area contributed by atoms with Crippen molar-refractivity contribution in [3.63, 3.8) is 0 Å². The second-order valence-electron chi connectivity index (χ2n) is 4.17. The van der Waals surface area contributed by atoms with Crippen LogP contribution in [0.3, 0.4) is 0 Å². The Hall–Kier alpha value is 2.78. The van der Waals surface area contributed by atoms with Crippen LogP contribution < -0.4 is 0 Å². The van der Waals surface area contributed by atoms with Gasteiger partial charge >= 0.3 is 42.1 Å². The number of hydrogen-bond donors (Lipinski definition) is 0. The second-order valence-corrected chi connectivity index (χ2v) is 19.7. The molecule has 0 bridgehead atoms. The molecule has 0 aromatic carbocycles. The molecule has 16 heavy (non-hydrogen) atoms. The molecule has 0 radical (unpaired) electrons. The second kappa shape index (κ2) is 22.9. The minimum atomic E-state index is -1.66. The number of halogens is 3. The van der Waals surface area contributed by atoms with Crippen molar-refractivity contribution in [2.75, 3.05) is 60.0 Å². The van der Waals surface area contributed by atoms with Crippen molar-refractivity contribution in [1.29, 1.82) is 0 Å². The quantitative estimate of drug-likeness (QED) is 0.316. The summed E-state index contributed by atoms with van der Waals surface area (Å²) in [6, 6.07) is 0. The molecule has 0 atom stereocenters. The van der Waals surface area contributed by atoms with Crippen LogP contribution in [0.5, 0.6) is 0 Å². The van der Waals surface area contributed by atoms with Gasteiger partial charge in [-0.25, -0.2) is 0 Å². The first kappa shape index (κ1) is 27.2. The van der Waals surface area contributed by atoms with Crippen molar-refractivity contribution in [1.82, 2.24) is 0 Å². The van der Waals surface area contributed by atoms with Crippen LogP contribution in [0.15, 0.2) is 0 Å². The van der Waals surface area contributed by atoms with Crippen molar-refractivity contribution >= 4 is 52.8 Å². The van der Waals surface area contributed by atoms with Crippen molar-refractivity contribution in [3.8, 4) is 0 Å². The number of rotatable bonds is 0. The van der Waals surface area contributed by atoms with Gasteiger partial charge in [-0.2, -0.15) is 0 Å². The molecule has 0 fully saturated rings. The van der Waals surface area contributed by atoms with Gasteiger partial charge in [0.15, 0.2) is 0 Å². The van der Waals surface area contributed by atoms with E-state index in [-0.39, 0.29) is 0 Å². The zero-order chi connectivity index (χ0) is 14.3. The minimum absolute atomic E-state index is 0.380. The Kier molecular flexibility index (Phi) is 38.9. The molecule has 0 aromatic rings. The Bertz CT molecular complexity index is 69.0. The van der Waals surface area contributed by atoms with Crippen LogP contribution in [0.1, 0.15) is 0 Å². The fourth-order valence-corrected chi connectivity index (χ4v) is 0. The Morgan fingerprint density at radius 2 is 0.500 bits per heavy atom. The third-order valence-corrected chi connectivity index (χ3v) is 0. The van der Waals surface area contributed by atoms with Crippen LogP contribution in [0, 0.1) is 0 Å². The summed E-state index contributed by atoms with van der Waals surface area (Å²) in [6.45, 7) is 20.1. The summed E-state index contributed by atoms with van der Waals surface area (Å²) in [6.07, 6.45) is 0. The molecule has 0 rings (SSSR count). The molecule has 0 saturated carbocycles. The van der Waals surface area contributed by atoms with Gasteiger partial charge in [-0.15, -0.1) is 23.8 Å². The van der Waals surface area contributed by atoms with Gasteiger partial charge in [-0.05, 0) is 60.0 Å². The summed E-state index contributed by atoms with van der Waals surface area (Å²) in [5.41, 5.74) is 0. The molecule has 0 aliphatic carbocycles. The van der Waals surface area contributed by atoms with Gasteiger partial charge in [-0.3, -0.25) is 0 Å². The standard InChI is InChI=1S/3C3H9P.3ClH.Rh/c3*1-4(2)3;;;;/h3*1-3H3;3*1H;/q;;;;;;+3/p-3. The summed E-state index contributed by atoms with van der Waals surface area (Å²) in [5, 5.41) is 0. The van der Waals surface area contributed by atoms with Crippen molar-refractivity contribution < 1.29 is 13.0 Å². The van der Waals surface area contributed by atoms with Gasteiger partial charge in [0.1, 0.15) is 0 Å². The van der Waals surface area contributed by atoms with E-state index in [1.807, 2.05) is 0 Å². The summed E-state index contributed by atoms with van der Waals surface area (Å²) in [4.78, 5) is 0. The van der Waals surface area contributed by atoms with Gasteiger partial charge in [0.2, 0.25) is 0 Å². The monoisotopic (exact) mass is 436 g/mol. The fourth-order valence-electron chi connectivity index (χ4n) is 0. The van der Waals surface area contributed by atoms with Gasteiger partial charge in [0.25, 0.3) is 0 Å². The maximum absolute atomic E-state index is 4.94. The van der Waals surface area contributed by atoms with Gasteiger partial charge in [-0.1, -0.05) is 0 Å². The van der Waals surface area contributed by atoms with E-state index in [4.69, 9.17) is 29.1 Å². The molecular formula is C9H27Cl3P3Rh. The van der Waals surface area contributed by atoms with E-state index in [9.17, 15) is 0 Å². The van der Waals surface area contributed by atoms with E-state index in [1.165, 1.54) is 0 Å². The summed E-state index contributed by atoms with van der Waals surface area (Å²) < 4.78 is 0. The van der Waals surface area contributed by atoms with E-state index in [2.05, 4.69) is 60.0 Å². The first-order valence-electron chi connectivity index (χ1n) is 4.40. The topological polar surface area (TPSA) is 0 Å². The van der Waals surface area contributed by atoms with E-state index in [0.29, 0.717) is 23.8 Å². The number of hydrogen-bond acceptors (Lipinski definition) is 0. The maximum atomic E-state index is 4.94. The molecule has 0 N–H and O–H groups in total. The third-order valence-electron chi connectivity index (χ3n) is 0. The van der Waals surface area contributed by atoms with E-state index < -0.39 is 13.0 Å². The molecule has 0 heterocycles. The predicted octanol–water partition coefficient (Wildman–Crippen LogP) is 6.14. The average Bonchev–Trinajstić information content (AvgIpc) is 1.76. The van der Waals surface area contributed by atoms with Crippen LogP contribution in [-0.2, 0) is 13.0 Å². The summed E-state index contributed by atoms with van der Waals surface area (Å²) in [5.74, 6) is 0. The Balaban J connectivity index is -0.0000000600. The predicted molar refractivity (Wildman–Crippen MR) is 91.6 cm³/mol. The van der Waals surface area contributed by atoms with Crippen LogP contribution in [-0.4, -0.2) is 60.0 Å². The Morgan fingerprint density at radius 1 is 0.500 bits per heavy atom. The molecule has 108 valence electrons. The van der Waals surface area contributed by atoms with Crippen LogP contribution in [0.2, 0.25) is 0 Å². The third kappa shape index (κ3) is 540. The van der Waals surface area contributed by atoms with Gasteiger partial charge in [0, 0.05) is 0 Å². The molecule has 0 spiro atoms. The van der Waals surface area contributed by atoms with Gasteiger partial charge in [0.05, 0.1) is 0 Å². The fraction of sp³-hybridized carbons (Fsp3) is 1.00. The molecule has 0 aliphatic rings. The first-order chi connectivity index (χ1) is 6.93. The molecular weight excluding hydrogens is 410 g/mol. The molecule has 0 nitrogen and oxygen atoms in total. The van der Waals surface area contributed by atoms with Gasteiger partial charge < -0.3 is 0 Å². The Morgan fingerprint density at radius 3 is 0.500 bits per heavy atom. The van der Waals surface area contributed by atoms with Crippen molar-refractivity contribution in [2.45, 2.75) is 0 Å². The van der Waals surface area contributed by atoms with E-state index in [0.717, 1.165) is 0 Å². The van der Waals surface area contributed by atoms with Crippen molar-refractivity contribution in [3.05, 3.63) is 0 Å². The summed E-state index contributed by atoms with van der Waals surface area (Å²) >= 11 is -1.66.